The number of benzene rings is 2. The van der Waals surface area contributed by atoms with E-state index in [0.717, 1.165) is 0 Å². The van der Waals surface area contributed by atoms with Crippen LogP contribution in [0, 0.1) is 0 Å². The molecule has 3 rings (SSSR count). The number of cyclic esters (lactones) is 1. The number of carbonyl (C=O) groups excluding carboxylic acids is 1. The van der Waals surface area contributed by atoms with Gasteiger partial charge in [-0.1, -0.05) is 18.2 Å². The van der Waals surface area contributed by atoms with Gasteiger partial charge in [-0.3, -0.25) is 0 Å². The lowest BCUT2D eigenvalue weighted by atomic mass is 10.1. The van der Waals surface area contributed by atoms with Gasteiger partial charge < -0.3 is 24.1 Å². The summed E-state index contributed by atoms with van der Waals surface area (Å²) in [6.45, 7) is 0. The van der Waals surface area contributed by atoms with Gasteiger partial charge in [-0.15, -0.1) is 0 Å². The summed E-state index contributed by atoms with van der Waals surface area (Å²) >= 11 is 0. The molecule has 0 atom stereocenters. The molecule has 134 valence electrons. The number of phenolic OH excluding ortho intramolecular Hbond substituents is 1. The van der Waals surface area contributed by atoms with Crippen LogP contribution >= 0.6 is 0 Å². The fourth-order valence-corrected chi connectivity index (χ4v) is 2.49. The van der Waals surface area contributed by atoms with Crippen LogP contribution in [0.5, 0.6) is 23.0 Å². The molecule has 1 heterocycles. The first-order valence-electron chi connectivity index (χ1n) is 7.68. The van der Waals surface area contributed by atoms with Gasteiger partial charge in [0.1, 0.15) is 5.75 Å². The third kappa shape index (κ3) is 3.19. The van der Waals surface area contributed by atoms with E-state index in [9.17, 15) is 9.90 Å². The molecule has 2 aromatic carbocycles. The summed E-state index contributed by atoms with van der Waals surface area (Å²) in [5.74, 6) is 0.795. The van der Waals surface area contributed by atoms with Crippen molar-refractivity contribution in [2.24, 2.45) is 4.99 Å². The minimum atomic E-state index is -0.614. The van der Waals surface area contributed by atoms with Crippen LogP contribution in [-0.4, -0.2) is 38.3 Å². The number of hydrogen-bond donors (Lipinski definition) is 1. The fraction of sp³-hybridized carbons (Fsp3) is 0.158. The summed E-state index contributed by atoms with van der Waals surface area (Å²) < 4.78 is 21.1. The van der Waals surface area contributed by atoms with Crippen LogP contribution < -0.4 is 14.2 Å². The number of methoxy groups -OCH3 is 3. The van der Waals surface area contributed by atoms with Gasteiger partial charge in [-0.2, -0.15) is 0 Å². The molecule has 7 nitrogen and oxygen atoms in total. The van der Waals surface area contributed by atoms with Crippen molar-refractivity contribution in [2.75, 3.05) is 21.3 Å². The number of nitrogens with zero attached hydrogens (tertiary/aromatic N) is 1. The number of phenols is 1. The maximum Gasteiger partial charge on any atom is 0.363 e. The maximum absolute atomic E-state index is 12.1. The predicted molar refractivity (Wildman–Crippen MR) is 94.8 cm³/mol. The average Bonchev–Trinajstić information content (AvgIpc) is 3.02. The van der Waals surface area contributed by atoms with Gasteiger partial charge in [0, 0.05) is 11.1 Å². The molecule has 0 amide bonds. The predicted octanol–water partition coefficient (Wildman–Crippen LogP) is 2.76. The Bertz CT molecular complexity index is 891. The molecule has 0 aromatic heterocycles. The van der Waals surface area contributed by atoms with Gasteiger partial charge >= 0.3 is 5.97 Å². The van der Waals surface area contributed by atoms with Crippen LogP contribution in [-0.2, 0) is 9.53 Å². The highest BCUT2D eigenvalue weighted by molar-refractivity contribution is 6.13. The van der Waals surface area contributed by atoms with Gasteiger partial charge in [0.25, 0.3) is 0 Å². The Kier molecular flexibility index (Phi) is 4.79. The number of esters is 1. The first-order valence-corrected chi connectivity index (χ1v) is 7.68. The van der Waals surface area contributed by atoms with Gasteiger partial charge in [-0.25, -0.2) is 9.79 Å². The molecule has 0 fully saturated rings. The Morgan fingerprint density at radius 1 is 1.04 bits per heavy atom. The zero-order chi connectivity index (χ0) is 18.7. The summed E-state index contributed by atoms with van der Waals surface area (Å²) in [4.78, 5) is 16.4. The van der Waals surface area contributed by atoms with Crippen molar-refractivity contribution in [3.05, 3.63) is 53.2 Å². The molecule has 0 spiro atoms. The lowest BCUT2D eigenvalue weighted by Gasteiger charge is -2.13. The number of carbonyl (C=O) groups is 1. The summed E-state index contributed by atoms with van der Waals surface area (Å²) in [5, 5.41) is 9.84. The topological polar surface area (TPSA) is 86.6 Å². The van der Waals surface area contributed by atoms with Gasteiger partial charge in [0.2, 0.25) is 11.6 Å². The summed E-state index contributed by atoms with van der Waals surface area (Å²) in [5.41, 5.74) is 1.04. The summed E-state index contributed by atoms with van der Waals surface area (Å²) in [6, 6.07) is 9.90. The Morgan fingerprint density at radius 3 is 2.27 bits per heavy atom. The number of rotatable bonds is 5. The highest BCUT2D eigenvalue weighted by Crippen LogP contribution is 2.39. The van der Waals surface area contributed by atoms with Crippen molar-refractivity contribution < 1.29 is 28.8 Å². The number of ether oxygens (including phenoxy) is 4. The van der Waals surface area contributed by atoms with E-state index in [-0.39, 0.29) is 17.3 Å². The molecule has 0 bridgehead atoms. The van der Waals surface area contributed by atoms with Crippen LogP contribution in [0.15, 0.2) is 47.1 Å². The minimum Gasteiger partial charge on any atom is -0.507 e. The normalized spacial score (nSPS) is 14.8. The summed E-state index contributed by atoms with van der Waals surface area (Å²) in [6.07, 6.45) is 1.46. The van der Waals surface area contributed by atoms with Crippen molar-refractivity contribution in [1.82, 2.24) is 0 Å². The lowest BCUT2D eigenvalue weighted by molar-refractivity contribution is -0.129. The molecule has 0 saturated carbocycles. The monoisotopic (exact) mass is 355 g/mol. The fourth-order valence-electron chi connectivity index (χ4n) is 2.49. The van der Waals surface area contributed by atoms with E-state index in [0.29, 0.717) is 28.4 Å². The molecule has 2 aromatic rings. The van der Waals surface area contributed by atoms with E-state index in [1.807, 2.05) is 0 Å². The first-order chi connectivity index (χ1) is 12.6. The van der Waals surface area contributed by atoms with Crippen molar-refractivity contribution in [3.8, 4) is 23.0 Å². The zero-order valence-electron chi connectivity index (χ0n) is 14.5. The number of aliphatic imine (C=N–C) groups is 1. The molecule has 26 heavy (non-hydrogen) atoms. The Balaban J connectivity index is 2.03. The second kappa shape index (κ2) is 7.18. The SMILES string of the molecule is COc1cc(C2=N/C(=C/c3ccccc3O)C(=O)O2)cc(OC)c1OC. The van der Waals surface area contributed by atoms with E-state index in [1.54, 1.807) is 30.3 Å². The average molecular weight is 355 g/mol. The number of hydrogen-bond acceptors (Lipinski definition) is 7. The van der Waals surface area contributed by atoms with Crippen LogP contribution in [0.2, 0.25) is 0 Å². The van der Waals surface area contributed by atoms with E-state index in [2.05, 4.69) is 4.99 Å². The lowest BCUT2D eigenvalue weighted by Crippen LogP contribution is -2.06. The molecule has 1 aliphatic rings. The van der Waals surface area contributed by atoms with E-state index in [1.165, 1.54) is 33.5 Å². The maximum atomic E-state index is 12.1. The number of para-hydroxylation sites is 1. The quantitative estimate of drug-likeness (QED) is 0.656. The molecule has 0 radical (unpaired) electrons. The Hall–Kier alpha value is -3.48. The molecule has 1 N–H and O–H groups in total. The molecular formula is C19H17NO6. The molecule has 7 heteroatoms. The molecule has 0 unspecified atom stereocenters. The van der Waals surface area contributed by atoms with E-state index in [4.69, 9.17) is 18.9 Å². The van der Waals surface area contributed by atoms with Crippen LogP contribution in [0.1, 0.15) is 11.1 Å². The van der Waals surface area contributed by atoms with Gasteiger partial charge in [0.15, 0.2) is 17.2 Å². The van der Waals surface area contributed by atoms with Crippen molar-refractivity contribution >= 4 is 17.9 Å². The molecule has 0 saturated heterocycles. The standard InChI is InChI=1S/C19H17NO6/c1-23-15-9-12(10-16(24-2)17(15)25-3)18-20-13(19(22)26-18)8-11-6-4-5-7-14(11)21/h4-10,21H,1-3H3/b13-8+. The minimum absolute atomic E-state index is 0.0456. The zero-order valence-corrected chi connectivity index (χ0v) is 14.5. The second-order valence-electron chi connectivity index (χ2n) is 5.31. The molecular weight excluding hydrogens is 338 g/mol. The van der Waals surface area contributed by atoms with Crippen molar-refractivity contribution in [2.45, 2.75) is 0 Å². The van der Waals surface area contributed by atoms with Gasteiger partial charge in [0.05, 0.1) is 21.3 Å². The number of aromatic hydroxyl groups is 1. The second-order valence-corrected chi connectivity index (χ2v) is 5.31. The van der Waals surface area contributed by atoms with E-state index >= 15 is 0 Å². The van der Waals surface area contributed by atoms with Crippen LogP contribution in [0.3, 0.4) is 0 Å². The van der Waals surface area contributed by atoms with E-state index < -0.39 is 5.97 Å². The highest BCUT2D eigenvalue weighted by Gasteiger charge is 2.26. The Labute approximate surface area is 150 Å². The van der Waals surface area contributed by atoms with Gasteiger partial charge in [-0.05, 0) is 24.3 Å². The molecule has 1 aliphatic heterocycles. The third-order valence-electron chi connectivity index (χ3n) is 3.76. The first kappa shape index (κ1) is 17.3. The van der Waals surface area contributed by atoms with Crippen molar-refractivity contribution in [1.29, 1.82) is 0 Å². The van der Waals surface area contributed by atoms with Crippen molar-refractivity contribution in [3.63, 3.8) is 0 Å². The largest absolute Gasteiger partial charge is 0.507 e. The Morgan fingerprint density at radius 2 is 1.69 bits per heavy atom. The smallest absolute Gasteiger partial charge is 0.363 e. The van der Waals surface area contributed by atoms with Crippen LogP contribution in [0.25, 0.3) is 6.08 Å². The molecule has 0 aliphatic carbocycles. The summed E-state index contributed by atoms with van der Waals surface area (Å²) in [7, 11) is 4.49. The third-order valence-corrected chi connectivity index (χ3v) is 3.76. The highest BCUT2D eigenvalue weighted by atomic mass is 16.6. The van der Waals surface area contributed by atoms with Crippen LogP contribution in [0.4, 0.5) is 0 Å².